The fourth-order valence-corrected chi connectivity index (χ4v) is 7.12. The largest absolute Gasteiger partial charge is 0.492 e. The average Bonchev–Trinajstić information content (AvgIpc) is 2.74. The number of fused-ring (bicyclic) bond motifs is 2. The Balaban J connectivity index is 1.63. The van der Waals surface area contributed by atoms with E-state index in [-0.39, 0.29) is 18.5 Å². The second-order valence-corrected chi connectivity index (χ2v) is 10.00. The van der Waals surface area contributed by atoms with E-state index in [0.717, 1.165) is 42.3 Å². The molecular formula is C21H24N3O3P. The molecule has 146 valence electrons. The molecule has 0 aromatic heterocycles. The highest BCUT2D eigenvalue weighted by molar-refractivity contribution is 7.64. The summed E-state index contributed by atoms with van der Waals surface area (Å²) in [5.74, 6) is 0.784. The number of rotatable bonds is 5. The van der Waals surface area contributed by atoms with Gasteiger partial charge in [0.25, 0.3) is 0 Å². The summed E-state index contributed by atoms with van der Waals surface area (Å²) in [5, 5.41) is 4.30. The number of nitrogens with zero attached hydrogens (tertiary/aromatic N) is 3. The first-order valence-corrected chi connectivity index (χ1v) is 11.4. The Morgan fingerprint density at radius 2 is 2.21 bits per heavy atom. The van der Waals surface area contributed by atoms with E-state index in [2.05, 4.69) is 34.3 Å². The van der Waals surface area contributed by atoms with E-state index in [0.29, 0.717) is 6.42 Å². The third-order valence-corrected chi connectivity index (χ3v) is 8.79. The van der Waals surface area contributed by atoms with E-state index in [1.54, 1.807) is 0 Å². The first kappa shape index (κ1) is 19.1. The number of hydrogen-bond acceptors (Lipinski definition) is 4. The van der Waals surface area contributed by atoms with Crippen molar-refractivity contribution < 1.29 is 13.8 Å². The fourth-order valence-electron chi connectivity index (χ4n) is 4.24. The van der Waals surface area contributed by atoms with E-state index in [9.17, 15) is 4.57 Å². The van der Waals surface area contributed by atoms with Crippen LogP contribution >= 0.6 is 7.37 Å². The van der Waals surface area contributed by atoms with Gasteiger partial charge < -0.3 is 9.26 Å². The molecule has 0 saturated carbocycles. The molecule has 3 aliphatic carbocycles. The Hall–Kier alpha value is -2.26. The average molecular weight is 397 g/mol. The van der Waals surface area contributed by atoms with Crippen LogP contribution < -0.4 is 0 Å². The maximum Gasteiger partial charge on any atom is 0.239 e. The Kier molecular flexibility index (Phi) is 5.45. The predicted octanol–water partition coefficient (Wildman–Crippen LogP) is 6.43. The molecule has 0 saturated heterocycles. The van der Waals surface area contributed by atoms with E-state index >= 15 is 0 Å². The Bertz CT molecular complexity index is 948. The smallest absolute Gasteiger partial charge is 0.239 e. The van der Waals surface area contributed by atoms with Gasteiger partial charge in [-0.05, 0) is 55.4 Å². The van der Waals surface area contributed by atoms with Gasteiger partial charge >= 0.3 is 0 Å². The molecule has 0 amide bonds. The summed E-state index contributed by atoms with van der Waals surface area (Å²) in [4.78, 5) is 2.69. The highest BCUT2D eigenvalue weighted by atomic mass is 31.2. The van der Waals surface area contributed by atoms with Gasteiger partial charge in [0.1, 0.15) is 0 Å². The van der Waals surface area contributed by atoms with Gasteiger partial charge in [0.2, 0.25) is 7.37 Å². The fraction of sp³-hybridized carbons (Fsp3) is 0.429. The van der Waals surface area contributed by atoms with Gasteiger partial charge in [0.15, 0.2) is 6.73 Å². The van der Waals surface area contributed by atoms with Gasteiger partial charge in [0, 0.05) is 16.6 Å². The molecule has 0 spiro atoms. The normalized spacial score (nSPS) is 29.6. The van der Waals surface area contributed by atoms with Crippen molar-refractivity contribution in [2.45, 2.75) is 50.8 Å². The van der Waals surface area contributed by atoms with Gasteiger partial charge in [-0.25, -0.2) is 0 Å². The van der Waals surface area contributed by atoms with Gasteiger partial charge in [-0.1, -0.05) is 47.1 Å². The zero-order valence-corrected chi connectivity index (χ0v) is 16.8. The monoisotopic (exact) mass is 397 g/mol. The second-order valence-electron chi connectivity index (χ2n) is 7.34. The quantitative estimate of drug-likeness (QED) is 0.232. The molecule has 7 heteroatoms. The zero-order chi connectivity index (χ0) is 19.6. The molecule has 0 bridgehead atoms. The summed E-state index contributed by atoms with van der Waals surface area (Å²) in [6.45, 7) is 2.01. The Morgan fingerprint density at radius 1 is 1.32 bits per heavy atom. The second kappa shape index (κ2) is 8.00. The number of hydrogen-bond donors (Lipinski definition) is 0. The number of ether oxygens (including phenoxy) is 1. The topological polar surface area (TPSA) is 84.3 Å². The first-order valence-electron chi connectivity index (χ1n) is 9.72. The molecule has 0 radical (unpaired) electrons. The summed E-state index contributed by atoms with van der Waals surface area (Å²) >= 11 is 0. The third kappa shape index (κ3) is 3.44. The van der Waals surface area contributed by atoms with Gasteiger partial charge in [-0.15, -0.1) is 0 Å². The van der Waals surface area contributed by atoms with Crippen LogP contribution in [0, 0.1) is 0 Å². The molecule has 1 heterocycles. The molecule has 3 atom stereocenters. The van der Waals surface area contributed by atoms with E-state index in [1.165, 1.54) is 11.1 Å². The molecule has 6 nitrogen and oxygen atoms in total. The van der Waals surface area contributed by atoms with Crippen LogP contribution in [0.2, 0.25) is 0 Å². The van der Waals surface area contributed by atoms with Crippen LogP contribution in [0.1, 0.15) is 39.0 Å². The van der Waals surface area contributed by atoms with Crippen molar-refractivity contribution in [3.05, 3.63) is 80.8 Å². The highest BCUT2D eigenvalue weighted by Crippen LogP contribution is 2.68. The first-order chi connectivity index (χ1) is 13.6. The predicted molar refractivity (Wildman–Crippen MR) is 110 cm³/mol. The molecule has 28 heavy (non-hydrogen) atoms. The Labute approximate surface area is 165 Å². The lowest BCUT2D eigenvalue weighted by Gasteiger charge is -2.40. The standard InChI is InChI=1S/C21H24N3O3P/c1-15(16-10-12-17(13-11-16)26-14-23-24-22)28(25)21-9-5-3-7-19(21)18-6-2-4-8-20(18)27-28/h2,4-6,9-10,12,15,20H,3,7-8,11,13-14H2,1H3. The molecule has 0 aromatic carbocycles. The summed E-state index contributed by atoms with van der Waals surface area (Å²) in [7, 11) is -3.03. The van der Waals surface area contributed by atoms with Crippen molar-refractivity contribution in [2.75, 3.05) is 6.73 Å². The van der Waals surface area contributed by atoms with Crippen molar-refractivity contribution in [3.8, 4) is 0 Å². The summed E-state index contributed by atoms with van der Waals surface area (Å²) in [6.07, 6.45) is 18.3. The lowest BCUT2D eigenvalue weighted by atomic mass is 9.89. The summed E-state index contributed by atoms with van der Waals surface area (Å²) in [6, 6.07) is 0. The van der Waals surface area contributed by atoms with E-state index < -0.39 is 7.37 Å². The Morgan fingerprint density at radius 3 is 3.00 bits per heavy atom. The van der Waals surface area contributed by atoms with Gasteiger partial charge in [-0.3, -0.25) is 4.57 Å². The lowest BCUT2D eigenvalue weighted by molar-refractivity contribution is 0.209. The molecule has 0 fully saturated rings. The zero-order valence-electron chi connectivity index (χ0n) is 16.0. The summed E-state index contributed by atoms with van der Waals surface area (Å²) in [5.41, 5.74) is 11.7. The number of azide groups is 1. The maximum atomic E-state index is 14.2. The molecule has 3 unspecified atom stereocenters. The molecule has 4 aliphatic rings. The van der Waals surface area contributed by atoms with Crippen LogP contribution in [0.5, 0.6) is 0 Å². The molecule has 4 rings (SSSR count). The van der Waals surface area contributed by atoms with Crippen LogP contribution in [0.4, 0.5) is 0 Å². The SMILES string of the molecule is CC(C1=CC=C(OCN=[N+]=[N-])CC1)P1(=O)OC2CC=CC=C2C2=C1C=CCC2. The minimum atomic E-state index is -3.03. The van der Waals surface area contributed by atoms with Crippen molar-refractivity contribution in [1.82, 2.24) is 0 Å². The number of allylic oxidation sites excluding steroid dienone is 9. The maximum absolute atomic E-state index is 14.2. The van der Waals surface area contributed by atoms with Crippen LogP contribution in [0.15, 0.2) is 75.4 Å². The van der Waals surface area contributed by atoms with Crippen LogP contribution in [-0.2, 0) is 13.8 Å². The van der Waals surface area contributed by atoms with Crippen molar-refractivity contribution in [1.29, 1.82) is 0 Å². The van der Waals surface area contributed by atoms with Crippen LogP contribution in [0.3, 0.4) is 0 Å². The van der Waals surface area contributed by atoms with Crippen LogP contribution in [0.25, 0.3) is 10.4 Å². The van der Waals surface area contributed by atoms with Crippen molar-refractivity contribution in [3.63, 3.8) is 0 Å². The molecule has 0 aromatic rings. The van der Waals surface area contributed by atoms with Crippen LogP contribution in [-0.4, -0.2) is 18.5 Å². The molecule has 0 N–H and O–H groups in total. The van der Waals surface area contributed by atoms with Gasteiger partial charge in [0.05, 0.1) is 17.5 Å². The van der Waals surface area contributed by atoms with E-state index in [4.69, 9.17) is 14.8 Å². The third-order valence-electron chi connectivity index (χ3n) is 5.78. The highest BCUT2D eigenvalue weighted by Gasteiger charge is 2.45. The van der Waals surface area contributed by atoms with Gasteiger partial charge in [-0.2, -0.15) is 0 Å². The van der Waals surface area contributed by atoms with Crippen molar-refractivity contribution >= 4 is 7.37 Å². The molecular weight excluding hydrogens is 373 g/mol. The summed E-state index contributed by atoms with van der Waals surface area (Å²) < 4.78 is 26.0. The lowest BCUT2D eigenvalue weighted by Crippen LogP contribution is -2.27. The van der Waals surface area contributed by atoms with Crippen molar-refractivity contribution in [2.24, 2.45) is 5.11 Å². The minimum Gasteiger partial charge on any atom is -0.492 e. The van der Waals surface area contributed by atoms with E-state index in [1.807, 2.05) is 25.2 Å². The molecule has 1 aliphatic heterocycles. The minimum absolute atomic E-state index is 0.00594.